The number of nitrogens with one attached hydrogen (secondary N) is 1. The van der Waals surface area contributed by atoms with Crippen molar-refractivity contribution in [3.63, 3.8) is 0 Å². The second-order valence-electron chi connectivity index (χ2n) is 7.05. The molecule has 4 rings (SSSR count). The van der Waals surface area contributed by atoms with Crippen molar-refractivity contribution in [3.8, 4) is 0 Å². The van der Waals surface area contributed by atoms with Crippen LogP contribution in [0, 0.1) is 13.8 Å². The van der Waals surface area contributed by atoms with Gasteiger partial charge in [-0.05, 0) is 57.0 Å². The predicted molar refractivity (Wildman–Crippen MR) is 104 cm³/mol. The van der Waals surface area contributed by atoms with Crippen LogP contribution >= 0.6 is 0 Å². The van der Waals surface area contributed by atoms with Crippen molar-refractivity contribution < 1.29 is 14.0 Å². The summed E-state index contributed by atoms with van der Waals surface area (Å²) in [5, 5.41) is 2.86. The van der Waals surface area contributed by atoms with E-state index in [4.69, 9.17) is 4.42 Å². The van der Waals surface area contributed by atoms with E-state index < -0.39 is 6.04 Å². The molecule has 28 heavy (non-hydrogen) atoms. The fourth-order valence-corrected chi connectivity index (χ4v) is 3.52. The standard InChI is InChI=1S/C21H22N4O3/c1-13-14(2)24-18-11-15(7-8-17(18)23-13)21(27)25-9-3-6-19(25)20(26)22-12-16-5-4-10-28-16/h4-5,7-8,10-11,19H,3,6,9,12H2,1-2H3,(H,22,26). The molecule has 3 aromatic rings. The Morgan fingerprint density at radius 2 is 1.96 bits per heavy atom. The lowest BCUT2D eigenvalue weighted by atomic mass is 10.1. The first-order chi connectivity index (χ1) is 13.5. The molecular formula is C21H22N4O3. The second kappa shape index (κ2) is 7.42. The van der Waals surface area contributed by atoms with Gasteiger partial charge in [-0.1, -0.05) is 0 Å². The molecule has 1 atom stereocenters. The summed E-state index contributed by atoms with van der Waals surface area (Å²) in [4.78, 5) is 36.4. The van der Waals surface area contributed by atoms with E-state index in [2.05, 4.69) is 15.3 Å². The van der Waals surface area contributed by atoms with E-state index >= 15 is 0 Å². The first kappa shape index (κ1) is 18.2. The van der Waals surface area contributed by atoms with Crippen LogP contribution in [0.25, 0.3) is 11.0 Å². The number of hydrogen-bond donors (Lipinski definition) is 1. The maximum absolute atomic E-state index is 13.1. The summed E-state index contributed by atoms with van der Waals surface area (Å²) in [7, 11) is 0. The largest absolute Gasteiger partial charge is 0.467 e. The third kappa shape index (κ3) is 3.47. The van der Waals surface area contributed by atoms with Gasteiger partial charge in [0.1, 0.15) is 11.8 Å². The molecule has 0 bridgehead atoms. The zero-order valence-corrected chi connectivity index (χ0v) is 15.9. The molecule has 0 radical (unpaired) electrons. The van der Waals surface area contributed by atoms with E-state index in [1.165, 1.54) is 0 Å². The summed E-state index contributed by atoms with van der Waals surface area (Å²) in [6, 6.07) is 8.43. The maximum Gasteiger partial charge on any atom is 0.254 e. The molecule has 2 amide bonds. The van der Waals surface area contributed by atoms with E-state index in [9.17, 15) is 9.59 Å². The fraction of sp³-hybridized carbons (Fsp3) is 0.333. The molecule has 2 aromatic heterocycles. The molecule has 3 heterocycles. The SMILES string of the molecule is Cc1nc2ccc(C(=O)N3CCCC3C(=O)NCc3ccco3)cc2nc1C. The smallest absolute Gasteiger partial charge is 0.254 e. The summed E-state index contributed by atoms with van der Waals surface area (Å²) >= 11 is 0. The van der Waals surface area contributed by atoms with Gasteiger partial charge in [0.15, 0.2) is 0 Å². The highest BCUT2D eigenvalue weighted by molar-refractivity contribution is 6.00. The monoisotopic (exact) mass is 378 g/mol. The minimum absolute atomic E-state index is 0.155. The number of aromatic nitrogens is 2. The second-order valence-corrected chi connectivity index (χ2v) is 7.05. The van der Waals surface area contributed by atoms with Crippen LogP contribution in [-0.4, -0.2) is 39.3 Å². The van der Waals surface area contributed by atoms with Crippen molar-refractivity contribution in [2.45, 2.75) is 39.3 Å². The zero-order chi connectivity index (χ0) is 19.7. The normalized spacial score (nSPS) is 16.5. The van der Waals surface area contributed by atoms with E-state index in [-0.39, 0.29) is 11.8 Å². The number of benzene rings is 1. The third-order valence-electron chi connectivity index (χ3n) is 5.16. The number of rotatable bonds is 4. The van der Waals surface area contributed by atoms with Gasteiger partial charge in [0.05, 0.1) is 35.2 Å². The van der Waals surface area contributed by atoms with Crippen molar-refractivity contribution >= 4 is 22.8 Å². The van der Waals surface area contributed by atoms with Crippen LogP contribution in [0.2, 0.25) is 0 Å². The number of carbonyl (C=O) groups is 2. The summed E-state index contributed by atoms with van der Waals surface area (Å²) < 4.78 is 5.24. The first-order valence-corrected chi connectivity index (χ1v) is 9.39. The van der Waals surface area contributed by atoms with Crippen LogP contribution in [-0.2, 0) is 11.3 Å². The summed E-state index contributed by atoms with van der Waals surface area (Å²) in [6.07, 6.45) is 3.02. The fourth-order valence-electron chi connectivity index (χ4n) is 3.52. The molecule has 1 N–H and O–H groups in total. The Labute approximate surface area is 162 Å². The van der Waals surface area contributed by atoms with Crippen molar-refractivity contribution in [2.24, 2.45) is 0 Å². The van der Waals surface area contributed by atoms with Crippen molar-refractivity contribution in [2.75, 3.05) is 6.54 Å². The van der Waals surface area contributed by atoms with Gasteiger partial charge >= 0.3 is 0 Å². The Balaban J connectivity index is 1.52. The van der Waals surface area contributed by atoms with Crippen molar-refractivity contribution in [3.05, 3.63) is 59.3 Å². The molecule has 7 heteroatoms. The van der Waals surface area contributed by atoms with Gasteiger partial charge < -0.3 is 14.6 Å². The predicted octanol–water partition coefficient (Wildman–Crippen LogP) is 2.76. The van der Waals surface area contributed by atoms with Crippen LogP contribution < -0.4 is 5.32 Å². The van der Waals surface area contributed by atoms with E-state index in [0.29, 0.717) is 36.4 Å². The van der Waals surface area contributed by atoms with Gasteiger partial charge in [-0.15, -0.1) is 0 Å². The Hall–Kier alpha value is -3.22. The van der Waals surface area contributed by atoms with Crippen LogP contribution in [0.3, 0.4) is 0 Å². The van der Waals surface area contributed by atoms with Crippen LogP contribution in [0.15, 0.2) is 41.0 Å². The Kier molecular flexibility index (Phi) is 4.81. The third-order valence-corrected chi connectivity index (χ3v) is 5.16. The minimum Gasteiger partial charge on any atom is -0.467 e. The van der Waals surface area contributed by atoms with Gasteiger partial charge in [-0.2, -0.15) is 0 Å². The lowest BCUT2D eigenvalue weighted by Crippen LogP contribution is -2.45. The van der Waals surface area contributed by atoms with E-state index in [1.807, 2.05) is 19.9 Å². The molecule has 1 aromatic carbocycles. The topological polar surface area (TPSA) is 88.3 Å². The van der Waals surface area contributed by atoms with Gasteiger partial charge in [0.25, 0.3) is 5.91 Å². The quantitative estimate of drug-likeness (QED) is 0.754. The summed E-state index contributed by atoms with van der Waals surface area (Å²) in [5.74, 6) is 0.370. The van der Waals surface area contributed by atoms with Crippen LogP contribution in [0.5, 0.6) is 0 Å². The van der Waals surface area contributed by atoms with Crippen LogP contribution in [0.1, 0.15) is 40.3 Å². The van der Waals surface area contributed by atoms with Gasteiger partial charge in [-0.25, -0.2) is 9.97 Å². The summed E-state index contributed by atoms with van der Waals surface area (Å²) in [5.41, 5.74) is 3.68. The number of amides is 2. The molecule has 0 aliphatic carbocycles. The van der Waals surface area contributed by atoms with Crippen molar-refractivity contribution in [1.29, 1.82) is 0 Å². The lowest BCUT2D eigenvalue weighted by molar-refractivity contribution is -0.125. The molecule has 1 aliphatic rings. The van der Waals surface area contributed by atoms with Crippen LogP contribution in [0.4, 0.5) is 0 Å². The molecule has 0 saturated carbocycles. The Morgan fingerprint density at radius 3 is 2.71 bits per heavy atom. The number of hydrogen-bond acceptors (Lipinski definition) is 5. The molecule has 1 saturated heterocycles. The highest BCUT2D eigenvalue weighted by Crippen LogP contribution is 2.22. The van der Waals surface area contributed by atoms with Gasteiger partial charge in [0.2, 0.25) is 5.91 Å². The first-order valence-electron chi connectivity index (χ1n) is 9.39. The number of aryl methyl sites for hydroxylation is 2. The lowest BCUT2D eigenvalue weighted by Gasteiger charge is -2.24. The highest BCUT2D eigenvalue weighted by atomic mass is 16.3. The molecule has 7 nitrogen and oxygen atoms in total. The Bertz CT molecular complexity index is 1030. The van der Waals surface area contributed by atoms with Gasteiger partial charge in [0, 0.05) is 12.1 Å². The minimum atomic E-state index is -0.469. The zero-order valence-electron chi connectivity index (χ0n) is 15.9. The highest BCUT2D eigenvalue weighted by Gasteiger charge is 2.34. The number of likely N-dealkylation sites (tertiary alicyclic amines) is 1. The number of furan rings is 1. The molecule has 0 spiro atoms. The molecular weight excluding hydrogens is 356 g/mol. The number of fused-ring (bicyclic) bond motifs is 1. The van der Waals surface area contributed by atoms with E-state index in [0.717, 1.165) is 23.3 Å². The number of carbonyl (C=O) groups excluding carboxylic acids is 2. The van der Waals surface area contributed by atoms with Crippen molar-refractivity contribution in [1.82, 2.24) is 20.2 Å². The molecule has 1 fully saturated rings. The molecule has 144 valence electrons. The number of nitrogens with zero attached hydrogens (tertiary/aromatic N) is 3. The molecule has 1 unspecified atom stereocenters. The van der Waals surface area contributed by atoms with E-state index in [1.54, 1.807) is 35.4 Å². The average molecular weight is 378 g/mol. The summed E-state index contributed by atoms with van der Waals surface area (Å²) in [6.45, 7) is 4.69. The van der Waals surface area contributed by atoms with Gasteiger partial charge in [-0.3, -0.25) is 9.59 Å². The average Bonchev–Trinajstić information content (AvgIpc) is 3.38. The maximum atomic E-state index is 13.1. The Morgan fingerprint density at radius 1 is 1.18 bits per heavy atom. The molecule has 1 aliphatic heterocycles.